The van der Waals surface area contributed by atoms with Crippen LogP contribution in [0.1, 0.15) is 26.7 Å². The van der Waals surface area contributed by atoms with E-state index in [1.54, 1.807) is 18.2 Å². The van der Waals surface area contributed by atoms with Gasteiger partial charge >= 0.3 is 12.0 Å². The number of rotatable bonds is 8. The molecule has 0 aliphatic carbocycles. The molecular weight excluding hydrogens is 288 g/mol. The molecule has 1 aromatic carbocycles. The van der Waals surface area contributed by atoms with Crippen LogP contribution in [0.5, 0.6) is 11.5 Å². The van der Waals surface area contributed by atoms with Gasteiger partial charge in [-0.15, -0.1) is 0 Å². The van der Waals surface area contributed by atoms with Crippen molar-refractivity contribution in [2.24, 2.45) is 0 Å². The maximum Gasteiger partial charge on any atom is 0.319 e. The SMILES string of the molecule is COc1cc(NC(=O)NCCCC(=O)O)ccc1OC(C)C. The molecule has 0 aliphatic heterocycles. The lowest BCUT2D eigenvalue weighted by Crippen LogP contribution is -2.29. The first-order valence-corrected chi connectivity index (χ1v) is 7.03. The summed E-state index contributed by atoms with van der Waals surface area (Å²) in [7, 11) is 1.53. The zero-order chi connectivity index (χ0) is 16.5. The topological polar surface area (TPSA) is 96.9 Å². The molecule has 0 fully saturated rings. The lowest BCUT2D eigenvalue weighted by Gasteiger charge is -2.15. The number of amides is 2. The molecule has 0 saturated carbocycles. The summed E-state index contributed by atoms with van der Waals surface area (Å²) in [5.41, 5.74) is 0.559. The molecule has 2 amide bonds. The number of carbonyl (C=O) groups is 2. The molecule has 3 N–H and O–H groups in total. The highest BCUT2D eigenvalue weighted by Gasteiger charge is 2.09. The number of carboxylic acid groups (broad SMARTS) is 1. The molecule has 0 aromatic heterocycles. The van der Waals surface area contributed by atoms with Crippen molar-refractivity contribution in [2.45, 2.75) is 32.8 Å². The fraction of sp³-hybridized carbons (Fsp3) is 0.467. The maximum atomic E-state index is 11.7. The van der Waals surface area contributed by atoms with Crippen molar-refractivity contribution in [3.8, 4) is 11.5 Å². The number of hydrogen-bond donors (Lipinski definition) is 3. The Kier molecular flexibility index (Phi) is 7.01. The van der Waals surface area contributed by atoms with Crippen LogP contribution in [-0.4, -0.2) is 36.9 Å². The quantitative estimate of drug-likeness (QED) is 0.641. The number of hydrogen-bond acceptors (Lipinski definition) is 4. The Hall–Kier alpha value is -2.44. The van der Waals surface area contributed by atoms with E-state index in [4.69, 9.17) is 14.6 Å². The minimum atomic E-state index is -0.882. The Morgan fingerprint density at radius 3 is 2.59 bits per heavy atom. The number of urea groups is 1. The van der Waals surface area contributed by atoms with Crippen LogP contribution in [0.25, 0.3) is 0 Å². The van der Waals surface area contributed by atoms with Crippen LogP contribution >= 0.6 is 0 Å². The summed E-state index contributed by atoms with van der Waals surface area (Å²) in [6, 6.07) is 4.69. The molecule has 0 spiro atoms. The summed E-state index contributed by atoms with van der Waals surface area (Å²) in [5, 5.41) is 13.7. The van der Waals surface area contributed by atoms with E-state index in [0.29, 0.717) is 30.2 Å². The van der Waals surface area contributed by atoms with E-state index in [9.17, 15) is 9.59 Å². The van der Waals surface area contributed by atoms with E-state index in [-0.39, 0.29) is 12.5 Å². The van der Waals surface area contributed by atoms with Gasteiger partial charge in [0.15, 0.2) is 11.5 Å². The van der Waals surface area contributed by atoms with Crippen molar-refractivity contribution in [1.82, 2.24) is 5.32 Å². The second kappa shape index (κ2) is 8.76. The van der Waals surface area contributed by atoms with Gasteiger partial charge in [0.1, 0.15) is 0 Å². The van der Waals surface area contributed by atoms with Crippen LogP contribution in [0.4, 0.5) is 10.5 Å². The third kappa shape index (κ3) is 6.34. The van der Waals surface area contributed by atoms with Crippen LogP contribution in [-0.2, 0) is 4.79 Å². The number of benzene rings is 1. The average Bonchev–Trinajstić information content (AvgIpc) is 2.44. The fourth-order valence-corrected chi connectivity index (χ4v) is 1.71. The predicted molar refractivity (Wildman–Crippen MR) is 82.6 cm³/mol. The molecule has 22 heavy (non-hydrogen) atoms. The van der Waals surface area contributed by atoms with E-state index >= 15 is 0 Å². The molecule has 0 aliphatic rings. The van der Waals surface area contributed by atoms with Gasteiger partial charge in [-0.3, -0.25) is 4.79 Å². The number of carboxylic acids is 1. The Bertz CT molecular complexity index is 517. The molecule has 7 heteroatoms. The zero-order valence-corrected chi connectivity index (χ0v) is 13.0. The summed E-state index contributed by atoms with van der Waals surface area (Å²) < 4.78 is 10.8. The normalized spacial score (nSPS) is 10.2. The molecule has 7 nitrogen and oxygen atoms in total. The number of carbonyl (C=O) groups excluding carboxylic acids is 1. The molecule has 0 heterocycles. The number of methoxy groups -OCH3 is 1. The molecule has 0 bridgehead atoms. The zero-order valence-electron chi connectivity index (χ0n) is 13.0. The Labute approximate surface area is 129 Å². The highest BCUT2D eigenvalue weighted by Crippen LogP contribution is 2.30. The number of aliphatic carboxylic acids is 1. The smallest absolute Gasteiger partial charge is 0.319 e. The Balaban J connectivity index is 2.54. The van der Waals surface area contributed by atoms with Crippen LogP contribution in [0.15, 0.2) is 18.2 Å². The summed E-state index contributed by atoms with van der Waals surface area (Å²) in [5.74, 6) is 0.245. The van der Waals surface area contributed by atoms with Gasteiger partial charge in [0.2, 0.25) is 0 Å². The fourth-order valence-electron chi connectivity index (χ4n) is 1.71. The number of ether oxygens (including phenoxy) is 2. The van der Waals surface area contributed by atoms with Crippen LogP contribution < -0.4 is 20.1 Å². The van der Waals surface area contributed by atoms with Gasteiger partial charge < -0.3 is 25.2 Å². The minimum Gasteiger partial charge on any atom is -0.493 e. The molecule has 1 rings (SSSR count). The van der Waals surface area contributed by atoms with Gasteiger partial charge in [-0.05, 0) is 32.4 Å². The summed E-state index contributed by atoms with van der Waals surface area (Å²) >= 11 is 0. The van der Waals surface area contributed by atoms with E-state index in [1.807, 2.05) is 13.8 Å². The van der Waals surface area contributed by atoms with Crippen molar-refractivity contribution in [2.75, 3.05) is 19.0 Å². The summed E-state index contributed by atoms with van der Waals surface area (Å²) in [4.78, 5) is 22.0. The van der Waals surface area contributed by atoms with E-state index in [2.05, 4.69) is 10.6 Å². The average molecular weight is 310 g/mol. The lowest BCUT2D eigenvalue weighted by atomic mass is 10.2. The molecule has 0 radical (unpaired) electrons. The Morgan fingerprint density at radius 1 is 1.27 bits per heavy atom. The second-order valence-electron chi connectivity index (χ2n) is 4.91. The minimum absolute atomic E-state index is 0.0187. The largest absolute Gasteiger partial charge is 0.493 e. The molecule has 1 aromatic rings. The van der Waals surface area contributed by atoms with Crippen LogP contribution in [0, 0.1) is 0 Å². The van der Waals surface area contributed by atoms with Gasteiger partial charge in [-0.2, -0.15) is 0 Å². The molecule has 0 unspecified atom stereocenters. The van der Waals surface area contributed by atoms with Crippen LogP contribution in [0.2, 0.25) is 0 Å². The monoisotopic (exact) mass is 310 g/mol. The Morgan fingerprint density at radius 2 is 2.00 bits per heavy atom. The highest BCUT2D eigenvalue weighted by molar-refractivity contribution is 5.89. The first-order valence-electron chi connectivity index (χ1n) is 7.03. The van der Waals surface area contributed by atoms with Crippen molar-refractivity contribution < 1.29 is 24.2 Å². The molecule has 122 valence electrons. The predicted octanol–water partition coefficient (Wildman–Crippen LogP) is 2.47. The maximum absolute atomic E-state index is 11.7. The lowest BCUT2D eigenvalue weighted by molar-refractivity contribution is -0.137. The second-order valence-corrected chi connectivity index (χ2v) is 4.91. The standard InChI is InChI=1S/C15H22N2O5/c1-10(2)22-12-7-6-11(9-13(12)21-3)17-15(20)16-8-4-5-14(18)19/h6-7,9-10H,4-5,8H2,1-3H3,(H,18,19)(H2,16,17,20). The van der Waals surface area contributed by atoms with Crippen molar-refractivity contribution in [1.29, 1.82) is 0 Å². The third-order valence-corrected chi connectivity index (χ3v) is 2.64. The van der Waals surface area contributed by atoms with Gasteiger partial charge in [0.25, 0.3) is 0 Å². The molecular formula is C15H22N2O5. The van der Waals surface area contributed by atoms with E-state index in [1.165, 1.54) is 7.11 Å². The first kappa shape index (κ1) is 17.6. The van der Waals surface area contributed by atoms with E-state index < -0.39 is 12.0 Å². The third-order valence-electron chi connectivity index (χ3n) is 2.64. The van der Waals surface area contributed by atoms with Gasteiger partial charge in [-0.1, -0.05) is 0 Å². The van der Waals surface area contributed by atoms with Gasteiger partial charge in [0, 0.05) is 24.7 Å². The highest BCUT2D eigenvalue weighted by atomic mass is 16.5. The number of nitrogens with one attached hydrogen (secondary N) is 2. The van der Waals surface area contributed by atoms with E-state index in [0.717, 1.165) is 0 Å². The van der Waals surface area contributed by atoms with Crippen molar-refractivity contribution >= 4 is 17.7 Å². The van der Waals surface area contributed by atoms with Crippen molar-refractivity contribution in [3.05, 3.63) is 18.2 Å². The molecule has 0 saturated heterocycles. The number of anilines is 1. The van der Waals surface area contributed by atoms with Gasteiger partial charge in [-0.25, -0.2) is 4.79 Å². The molecule has 0 atom stereocenters. The summed E-state index contributed by atoms with van der Waals surface area (Å²) in [6.07, 6.45) is 0.424. The first-order chi connectivity index (χ1) is 10.4. The van der Waals surface area contributed by atoms with Crippen LogP contribution in [0.3, 0.4) is 0 Å². The van der Waals surface area contributed by atoms with Crippen molar-refractivity contribution in [3.63, 3.8) is 0 Å². The summed E-state index contributed by atoms with van der Waals surface area (Å²) in [6.45, 7) is 4.12. The van der Waals surface area contributed by atoms with Gasteiger partial charge in [0.05, 0.1) is 13.2 Å².